The van der Waals surface area contributed by atoms with Crippen LogP contribution in [0.25, 0.3) is 0 Å². The number of rotatable bonds is 8. The summed E-state index contributed by atoms with van der Waals surface area (Å²) in [7, 11) is 2.77. The SMILES string of the molecule is CC(C)(C)OC(=O)N[C@H](C(=O)O)C(C)(C)C.COC(=O)[C@@H]1CN(C(=O)[C@@H](NC(=O)OC(C)(C)C)C(C)(C)C)C[C@H]1c1ccc(Cl)cc1.COC(=O)[C@@H]1CNC[C@H]1c1ccc(Cl)cc1. The third kappa shape index (κ3) is 17.8. The molecule has 2 heterocycles. The summed E-state index contributed by atoms with van der Waals surface area (Å²) in [6, 6.07) is 13.1. The first-order valence-corrected chi connectivity index (χ1v) is 21.5. The Balaban J connectivity index is 0.000000359. The average molecular weight is 924 g/mol. The fourth-order valence-electron chi connectivity index (χ4n) is 6.89. The average Bonchev–Trinajstić information content (AvgIpc) is 3.83. The summed E-state index contributed by atoms with van der Waals surface area (Å²) < 4.78 is 20.1. The lowest BCUT2D eigenvalue weighted by Gasteiger charge is -2.34. The van der Waals surface area contributed by atoms with Gasteiger partial charge in [0.2, 0.25) is 5.91 Å². The van der Waals surface area contributed by atoms with Crippen molar-refractivity contribution in [3.63, 3.8) is 0 Å². The van der Waals surface area contributed by atoms with Gasteiger partial charge in [-0.3, -0.25) is 14.4 Å². The molecule has 0 aromatic heterocycles. The predicted octanol–water partition coefficient (Wildman–Crippen LogP) is 7.82. The number of likely N-dealkylation sites (tertiary alicyclic amines) is 1. The maximum Gasteiger partial charge on any atom is 0.408 e. The van der Waals surface area contributed by atoms with Crippen LogP contribution in [0, 0.1) is 22.7 Å². The van der Waals surface area contributed by atoms with Crippen LogP contribution in [0.3, 0.4) is 0 Å². The molecule has 0 unspecified atom stereocenters. The van der Waals surface area contributed by atoms with Crippen LogP contribution in [0.5, 0.6) is 0 Å². The van der Waals surface area contributed by atoms with Gasteiger partial charge in [0.25, 0.3) is 0 Å². The molecule has 2 aliphatic heterocycles. The summed E-state index contributed by atoms with van der Waals surface area (Å²) in [4.78, 5) is 73.9. The largest absolute Gasteiger partial charge is 0.480 e. The van der Waals surface area contributed by atoms with Crippen molar-refractivity contribution in [3.05, 3.63) is 69.7 Å². The molecule has 2 saturated heterocycles. The van der Waals surface area contributed by atoms with Crippen molar-refractivity contribution in [2.45, 2.75) is 118 Å². The van der Waals surface area contributed by atoms with Crippen molar-refractivity contribution >= 4 is 59.2 Å². The fraction of sp³-hybridized carbons (Fsp3) is 0.609. The second-order valence-electron chi connectivity index (χ2n) is 19.7. The molecule has 2 aromatic carbocycles. The van der Waals surface area contributed by atoms with Crippen molar-refractivity contribution in [3.8, 4) is 0 Å². The van der Waals surface area contributed by atoms with E-state index in [0.717, 1.165) is 17.7 Å². The number of benzene rings is 2. The van der Waals surface area contributed by atoms with Gasteiger partial charge in [-0.25, -0.2) is 14.4 Å². The third-order valence-corrected chi connectivity index (χ3v) is 10.5. The first-order valence-electron chi connectivity index (χ1n) is 20.8. The lowest BCUT2D eigenvalue weighted by Crippen LogP contribution is -2.55. The highest BCUT2D eigenvalue weighted by Gasteiger charge is 2.45. The quantitative estimate of drug-likeness (QED) is 0.148. The summed E-state index contributed by atoms with van der Waals surface area (Å²) in [6.45, 7) is 23.3. The fourth-order valence-corrected chi connectivity index (χ4v) is 7.14. The standard InChI is InChI=1S/C23H33ClN2O5.C12H14ClNO2.C11H21NO4/c1-22(2,3)18(25-21(29)31-23(4,5)6)19(27)26-12-16(17(13-26)20(28)30-7)14-8-10-15(24)11-9-14;1-16-12(15)11-7-14-6-10(11)8-2-4-9(13)5-3-8;1-10(2,3)7(8(13)14)12-9(15)16-11(4,5)6/h8-11,16-18H,12-13H2,1-7H3,(H,25,29);2-5,10-11,14H,6-7H2,1H3;7H,1-6H3,(H,12,15)(H,13,14)/t16-,17+,18+;10-,11+;7-/m001/s1. The number of nitrogens with zero attached hydrogens (tertiary/aromatic N) is 1. The molecule has 352 valence electrons. The molecule has 0 saturated carbocycles. The number of carbonyl (C=O) groups is 6. The third-order valence-electron chi connectivity index (χ3n) is 10.00. The maximum atomic E-state index is 13.5. The van der Waals surface area contributed by atoms with E-state index < -0.39 is 58.2 Å². The number of hydrogen-bond donors (Lipinski definition) is 4. The minimum atomic E-state index is -1.07. The number of carboxylic acid groups (broad SMARTS) is 1. The summed E-state index contributed by atoms with van der Waals surface area (Å²) in [5.74, 6) is -2.49. The van der Waals surface area contributed by atoms with Crippen LogP contribution in [0.15, 0.2) is 48.5 Å². The van der Waals surface area contributed by atoms with Gasteiger partial charge in [-0.1, -0.05) is 89.0 Å². The Morgan fingerprint density at radius 2 is 1.02 bits per heavy atom. The first kappa shape index (κ1) is 54.5. The Morgan fingerprint density at radius 3 is 1.40 bits per heavy atom. The molecule has 4 N–H and O–H groups in total. The molecule has 63 heavy (non-hydrogen) atoms. The van der Waals surface area contributed by atoms with Gasteiger partial charge in [0, 0.05) is 48.1 Å². The van der Waals surface area contributed by atoms with E-state index in [4.69, 9.17) is 47.3 Å². The van der Waals surface area contributed by atoms with E-state index in [1.54, 1.807) is 79.3 Å². The predicted molar refractivity (Wildman–Crippen MR) is 242 cm³/mol. The van der Waals surface area contributed by atoms with E-state index >= 15 is 0 Å². The summed E-state index contributed by atoms with van der Waals surface area (Å²) in [5, 5.41) is 18.6. The second kappa shape index (κ2) is 22.8. The number of carboxylic acids is 1. The van der Waals surface area contributed by atoms with Crippen LogP contribution in [-0.4, -0.2) is 110 Å². The molecular formula is C46H68Cl2N4O11. The van der Waals surface area contributed by atoms with E-state index in [0.29, 0.717) is 23.1 Å². The van der Waals surface area contributed by atoms with Crippen LogP contribution in [0.1, 0.15) is 106 Å². The van der Waals surface area contributed by atoms with Gasteiger partial charge in [0.1, 0.15) is 23.3 Å². The number of nitrogens with one attached hydrogen (secondary N) is 3. The summed E-state index contributed by atoms with van der Waals surface area (Å²) in [6.07, 6.45) is -1.37. The molecule has 15 nitrogen and oxygen atoms in total. The molecule has 2 fully saturated rings. The zero-order chi connectivity index (χ0) is 48.2. The topological polar surface area (TPSA) is 199 Å². The van der Waals surface area contributed by atoms with Gasteiger partial charge in [-0.15, -0.1) is 0 Å². The molecule has 2 aliphatic rings. The first-order chi connectivity index (χ1) is 28.9. The highest BCUT2D eigenvalue weighted by Crippen LogP contribution is 2.36. The molecular weight excluding hydrogens is 855 g/mol. The molecule has 0 aliphatic carbocycles. The number of ether oxygens (including phenoxy) is 4. The monoisotopic (exact) mass is 922 g/mol. The van der Waals surface area contributed by atoms with Gasteiger partial charge in [-0.05, 0) is 87.8 Å². The minimum Gasteiger partial charge on any atom is -0.480 e. The number of alkyl carbamates (subject to hydrolysis) is 2. The lowest BCUT2D eigenvalue weighted by atomic mass is 9.86. The Labute approximate surface area is 382 Å². The Hall–Kier alpha value is -4.60. The van der Waals surface area contributed by atoms with Gasteiger partial charge < -0.3 is 44.9 Å². The summed E-state index contributed by atoms with van der Waals surface area (Å²) >= 11 is 11.8. The van der Waals surface area contributed by atoms with E-state index in [2.05, 4.69) is 16.0 Å². The molecule has 3 amide bonds. The highest BCUT2D eigenvalue weighted by molar-refractivity contribution is 6.30. The van der Waals surface area contributed by atoms with Gasteiger partial charge in [-0.2, -0.15) is 0 Å². The summed E-state index contributed by atoms with van der Waals surface area (Å²) in [5.41, 5.74) is -0.410. The number of hydrogen-bond acceptors (Lipinski definition) is 11. The van der Waals surface area contributed by atoms with Crippen LogP contribution in [-0.2, 0) is 38.1 Å². The number of esters is 2. The number of aliphatic carboxylic acids is 1. The molecule has 0 radical (unpaired) electrons. The molecule has 2 aromatic rings. The molecule has 6 atom stereocenters. The minimum absolute atomic E-state index is 0.0915. The zero-order valence-corrected chi connectivity index (χ0v) is 40.7. The Morgan fingerprint density at radius 1 is 0.619 bits per heavy atom. The van der Waals surface area contributed by atoms with Crippen LogP contribution >= 0.6 is 23.2 Å². The maximum absolute atomic E-state index is 13.5. The zero-order valence-electron chi connectivity index (χ0n) is 39.1. The molecule has 4 rings (SSSR count). The van der Waals surface area contributed by atoms with Crippen molar-refractivity contribution in [2.75, 3.05) is 40.4 Å². The van der Waals surface area contributed by atoms with Gasteiger partial charge >= 0.3 is 30.1 Å². The van der Waals surface area contributed by atoms with E-state index in [9.17, 15) is 28.8 Å². The number of methoxy groups -OCH3 is 2. The number of halogens is 2. The smallest absolute Gasteiger partial charge is 0.408 e. The molecule has 0 spiro atoms. The van der Waals surface area contributed by atoms with Crippen molar-refractivity contribution < 1.29 is 52.8 Å². The number of amides is 3. The van der Waals surface area contributed by atoms with E-state index in [1.165, 1.54) is 14.2 Å². The molecule has 0 bridgehead atoms. The normalized spacial score (nSPS) is 19.7. The highest BCUT2D eigenvalue weighted by atomic mass is 35.5. The van der Waals surface area contributed by atoms with Crippen LogP contribution in [0.2, 0.25) is 10.0 Å². The van der Waals surface area contributed by atoms with Gasteiger partial charge in [0.15, 0.2) is 0 Å². The Kier molecular flexibility index (Phi) is 19.8. The van der Waals surface area contributed by atoms with Crippen LogP contribution in [0.4, 0.5) is 9.59 Å². The van der Waals surface area contributed by atoms with Crippen molar-refractivity contribution in [1.82, 2.24) is 20.9 Å². The number of carbonyl (C=O) groups excluding carboxylic acids is 5. The lowest BCUT2D eigenvalue weighted by molar-refractivity contribution is -0.146. The van der Waals surface area contributed by atoms with Crippen molar-refractivity contribution in [1.29, 1.82) is 0 Å². The van der Waals surface area contributed by atoms with E-state index in [1.807, 2.05) is 57.2 Å². The van der Waals surface area contributed by atoms with Gasteiger partial charge in [0.05, 0.1) is 26.1 Å². The van der Waals surface area contributed by atoms with Crippen LogP contribution < -0.4 is 16.0 Å². The Bertz CT molecular complexity index is 1860. The van der Waals surface area contributed by atoms with Crippen molar-refractivity contribution in [2.24, 2.45) is 22.7 Å². The second-order valence-corrected chi connectivity index (χ2v) is 20.6. The van der Waals surface area contributed by atoms with E-state index in [-0.39, 0.29) is 42.1 Å². The molecule has 17 heteroatoms.